The van der Waals surface area contributed by atoms with Crippen molar-refractivity contribution >= 4 is 0 Å². The van der Waals surface area contributed by atoms with Gasteiger partial charge >= 0.3 is 0 Å². The molecule has 3 nitrogen and oxygen atoms in total. The Morgan fingerprint density at radius 2 is 2.00 bits per heavy atom. The van der Waals surface area contributed by atoms with Crippen molar-refractivity contribution in [3.63, 3.8) is 0 Å². The van der Waals surface area contributed by atoms with Crippen molar-refractivity contribution in [2.45, 2.75) is 59.2 Å². The second kappa shape index (κ2) is 7.34. The monoisotopic (exact) mass is 242 g/mol. The SMILES string of the molecule is CC(C)OCCN1CC(C(C)C)NCCC1C. The van der Waals surface area contributed by atoms with Crippen molar-refractivity contribution in [1.29, 1.82) is 0 Å². The highest BCUT2D eigenvalue weighted by Gasteiger charge is 2.24. The van der Waals surface area contributed by atoms with Crippen LogP contribution < -0.4 is 5.32 Å². The summed E-state index contributed by atoms with van der Waals surface area (Å²) in [5, 5.41) is 3.66. The molecule has 1 fully saturated rings. The van der Waals surface area contributed by atoms with Crippen LogP contribution in [0.1, 0.15) is 41.0 Å². The van der Waals surface area contributed by atoms with Gasteiger partial charge in [0.15, 0.2) is 0 Å². The van der Waals surface area contributed by atoms with E-state index in [1.165, 1.54) is 6.42 Å². The topological polar surface area (TPSA) is 24.5 Å². The van der Waals surface area contributed by atoms with E-state index >= 15 is 0 Å². The van der Waals surface area contributed by atoms with Crippen LogP contribution in [0.5, 0.6) is 0 Å². The maximum absolute atomic E-state index is 5.67. The van der Waals surface area contributed by atoms with Crippen molar-refractivity contribution in [3.8, 4) is 0 Å². The lowest BCUT2D eigenvalue weighted by molar-refractivity contribution is 0.0490. The fourth-order valence-electron chi connectivity index (χ4n) is 2.32. The van der Waals surface area contributed by atoms with Crippen molar-refractivity contribution in [2.24, 2.45) is 5.92 Å². The lowest BCUT2D eigenvalue weighted by Gasteiger charge is -2.30. The van der Waals surface area contributed by atoms with E-state index in [-0.39, 0.29) is 0 Å². The Labute approximate surface area is 107 Å². The molecule has 0 aromatic heterocycles. The van der Waals surface area contributed by atoms with Gasteiger partial charge in [-0.2, -0.15) is 0 Å². The van der Waals surface area contributed by atoms with Crippen molar-refractivity contribution in [2.75, 3.05) is 26.2 Å². The normalized spacial score (nSPS) is 27.7. The van der Waals surface area contributed by atoms with Crippen molar-refractivity contribution < 1.29 is 4.74 Å². The van der Waals surface area contributed by atoms with Crippen molar-refractivity contribution in [1.82, 2.24) is 10.2 Å². The standard InChI is InChI=1S/C14H30N2O/c1-11(2)14-10-16(8-9-17-12(3)4)13(5)6-7-15-14/h11-15H,6-10H2,1-5H3. The zero-order valence-electron chi connectivity index (χ0n) is 12.2. The molecule has 1 N–H and O–H groups in total. The highest BCUT2D eigenvalue weighted by atomic mass is 16.5. The number of hydrogen-bond acceptors (Lipinski definition) is 3. The van der Waals surface area contributed by atoms with Gasteiger partial charge in [0.1, 0.15) is 0 Å². The molecule has 2 unspecified atom stereocenters. The third-order valence-corrected chi connectivity index (χ3v) is 3.66. The lowest BCUT2D eigenvalue weighted by atomic mass is 10.0. The highest BCUT2D eigenvalue weighted by molar-refractivity contribution is 4.82. The summed E-state index contributed by atoms with van der Waals surface area (Å²) in [6.45, 7) is 15.4. The van der Waals surface area contributed by atoms with E-state index in [0.717, 1.165) is 26.2 Å². The summed E-state index contributed by atoms with van der Waals surface area (Å²) in [4.78, 5) is 2.58. The van der Waals surface area contributed by atoms with Crippen LogP contribution in [0.4, 0.5) is 0 Å². The molecule has 17 heavy (non-hydrogen) atoms. The van der Waals surface area contributed by atoms with E-state index < -0.39 is 0 Å². The van der Waals surface area contributed by atoms with Crippen LogP contribution in [0.3, 0.4) is 0 Å². The first kappa shape index (κ1) is 14.9. The zero-order chi connectivity index (χ0) is 12.8. The van der Waals surface area contributed by atoms with E-state index in [9.17, 15) is 0 Å². The molecule has 0 radical (unpaired) electrons. The van der Waals surface area contributed by atoms with Gasteiger partial charge in [0.2, 0.25) is 0 Å². The van der Waals surface area contributed by atoms with Gasteiger partial charge in [0.05, 0.1) is 12.7 Å². The molecule has 1 rings (SSSR count). The van der Waals surface area contributed by atoms with Crippen LogP contribution in [-0.4, -0.2) is 49.3 Å². The van der Waals surface area contributed by atoms with Crippen LogP contribution in [0.25, 0.3) is 0 Å². The second-order valence-electron chi connectivity index (χ2n) is 5.86. The van der Waals surface area contributed by atoms with Gasteiger partial charge < -0.3 is 10.1 Å². The molecule has 0 amide bonds. The minimum Gasteiger partial charge on any atom is -0.377 e. The molecule has 0 aromatic rings. The fraction of sp³-hybridized carbons (Fsp3) is 1.00. The highest BCUT2D eigenvalue weighted by Crippen LogP contribution is 2.13. The largest absolute Gasteiger partial charge is 0.377 e. The quantitative estimate of drug-likeness (QED) is 0.799. The van der Waals surface area contributed by atoms with E-state index in [0.29, 0.717) is 24.1 Å². The summed E-state index contributed by atoms with van der Waals surface area (Å²) >= 11 is 0. The summed E-state index contributed by atoms with van der Waals surface area (Å²) in [7, 11) is 0. The first-order valence-electron chi connectivity index (χ1n) is 7.09. The average molecular weight is 242 g/mol. The van der Waals surface area contributed by atoms with Crippen LogP contribution in [0, 0.1) is 5.92 Å². The van der Waals surface area contributed by atoms with E-state index in [2.05, 4.69) is 44.8 Å². The Bertz CT molecular complexity index is 206. The third kappa shape index (κ3) is 5.36. The molecule has 1 heterocycles. The summed E-state index contributed by atoms with van der Waals surface area (Å²) in [5.74, 6) is 0.703. The number of rotatable bonds is 5. The molecule has 1 aliphatic rings. The van der Waals surface area contributed by atoms with Gasteiger partial charge in [0, 0.05) is 25.2 Å². The third-order valence-electron chi connectivity index (χ3n) is 3.66. The smallest absolute Gasteiger partial charge is 0.0597 e. The van der Waals surface area contributed by atoms with Crippen LogP contribution >= 0.6 is 0 Å². The average Bonchev–Trinajstić information content (AvgIpc) is 2.41. The molecule has 1 aliphatic heterocycles. The summed E-state index contributed by atoms with van der Waals surface area (Å²) in [6.07, 6.45) is 1.58. The maximum atomic E-state index is 5.67. The fourth-order valence-corrected chi connectivity index (χ4v) is 2.32. The van der Waals surface area contributed by atoms with Gasteiger partial charge in [-0.15, -0.1) is 0 Å². The van der Waals surface area contributed by atoms with E-state index in [1.54, 1.807) is 0 Å². The zero-order valence-corrected chi connectivity index (χ0v) is 12.2. The van der Waals surface area contributed by atoms with E-state index in [4.69, 9.17) is 4.74 Å². The molecule has 0 saturated carbocycles. The first-order chi connectivity index (χ1) is 8.00. The number of nitrogens with one attached hydrogen (secondary N) is 1. The summed E-state index contributed by atoms with van der Waals surface area (Å²) in [6, 6.07) is 1.29. The minimum absolute atomic E-state index is 0.344. The number of nitrogens with zero attached hydrogens (tertiary/aromatic N) is 1. The molecule has 0 aromatic carbocycles. The van der Waals surface area contributed by atoms with Gasteiger partial charge in [-0.25, -0.2) is 0 Å². The van der Waals surface area contributed by atoms with Gasteiger partial charge in [-0.3, -0.25) is 4.90 Å². The molecule has 3 heteroatoms. The van der Waals surface area contributed by atoms with Crippen LogP contribution in [0.15, 0.2) is 0 Å². The Morgan fingerprint density at radius 3 is 2.59 bits per heavy atom. The van der Waals surface area contributed by atoms with Gasteiger partial charge in [0.25, 0.3) is 0 Å². The minimum atomic E-state index is 0.344. The van der Waals surface area contributed by atoms with Gasteiger partial charge in [-0.05, 0) is 39.7 Å². The molecule has 0 aliphatic carbocycles. The van der Waals surface area contributed by atoms with Gasteiger partial charge in [-0.1, -0.05) is 13.8 Å². The second-order valence-corrected chi connectivity index (χ2v) is 5.86. The summed E-state index contributed by atoms with van der Waals surface area (Å²) in [5.41, 5.74) is 0. The van der Waals surface area contributed by atoms with E-state index in [1.807, 2.05) is 0 Å². The molecule has 0 spiro atoms. The summed E-state index contributed by atoms with van der Waals surface area (Å²) < 4.78 is 5.67. The number of hydrogen-bond donors (Lipinski definition) is 1. The molecule has 0 bridgehead atoms. The Morgan fingerprint density at radius 1 is 1.29 bits per heavy atom. The maximum Gasteiger partial charge on any atom is 0.0597 e. The predicted octanol–water partition coefficient (Wildman–Crippen LogP) is 2.12. The number of ether oxygens (including phenoxy) is 1. The molecular weight excluding hydrogens is 212 g/mol. The molecule has 2 atom stereocenters. The Balaban J connectivity index is 2.42. The predicted molar refractivity (Wildman–Crippen MR) is 73.4 cm³/mol. The molecular formula is C14H30N2O. The Kier molecular flexibility index (Phi) is 6.45. The van der Waals surface area contributed by atoms with Crippen LogP contribution in [-0.2, 0) is 4.74 Å². The molecule has 1 saturated heterocycles. The Hall–Kier alpha value is -0.120. The first-order valence-corrected chi connectivity index (χ1v) is 7.09. The lowest BCUT2D eigenvalue weighted by Crippen LogP contribution is -2.44. The van der Waals surface area contributed by atoms with Crippen molar-refractivity contribution in [3.05, 3.63) is 0 Å². The van der Waals surface area contributed by atoms with Crippen LogP contribution in [0.2, 0.25) is 0 Å². The molecule has 102 valence electrons.